The van der Waals surface area contributed by atoms with Crippen molar-refractivity contribution in [2.45, 2.75) is 0 Å². The van der Waals surface area contributed by atoms with Gasteiger partial charge in [0, 0.05) is 8.04 Å². The fourth-order valence-corrected chi connectivity index (χ4v) is 1.93. The van der Waals surface area contributed by atoms with E-state index in [0.29, 0.717) is 13.6 Å². The first-order valence-corrected chi connectivity index (χ1v) is 5.06. The van der Waals surface area contributed by atoms with Crippen LogP contribution in [0.1, 0.15) is 15.9 Å². The highest BCUT2D eigenvalue weighted by atomic mass is 127. The van der Waals surface area contributed by atoms with Crippen LogP contribution in [-0.2, 0) is 0 Å². The summed E-state index contributed by atoms with van der Waals surface area (Å²) < 4.78 is 1.07. The molecule has 3 nitrogen and oxygen atoms in total. The van der Waals surface area contributed by atoms with Crippen LogP contribution in [0.15, 0.2) is 16.6 Å². The lowest BCUT2D eigenvalue weighted by Crippen LogP contribution is -2.00. The van der Waals surface area contributed by atoms with Crippen molar-refractivity contribution in [2.75, 3.05) is 0 Å². The largest absolute Gasteiger partial charge is 0.478 e. The molecule has 0 aliphatic carbocycles. The van der Waals surface area contributed by atoms with Crippen molar-refractivity contribution < 1.29 is 9.90 Å². The summed E-state index contributed by atoms with van der Waals surface area (Å²) in [4.78, 5) is 10.7. The van der Waals surface area contributed by atoms with Crippen LogP contribution in [0.3, 0.4) is 0 Å². The second-order valence-corrected chi connectivity index (χ2v) is 4.25. The highest BCUT2D eigenvalue weighted by molar-refractivity contribution is 14.1. The van der Waals surface area contributed by atoms with Crippen molar-refractivity contribution in [2.24, 2.45) is 0 Å². The van der Waals surface area contributed by atoms with Crippen LogP contribution < -0.4 is 0 Å². The van der Waals surface area contributed by atoms with Gasteiger partial charge in [-0.05, 0) is 50.7 Å². The number of aromatic carboxylic acids is 1. The molecule has 0 heterocycles. The molecule has 0 amide bonds. The maximum atomic E-state index is 10.7. The van der Waals surface area contributed by atoms with E-state index in [1.165, 1.54) is 12.1 Å². The fraction of sp³-hybridized carbons (Fsp3) is 0. The SMILES string of the molecule is N#Cc1cc(I)c(C(=O)O)cc1Br. The third-order valence-electron chi connectivity index (χ3n) is 1.41. The number of benzene rings is 1. The average Bonchev–Trinajstić information content (AvgIpc) is 2.07. The zero-order valence-corrected chi connectivity index (χ0v) is 9.96. The molecule has 0 aromatic heterocycles. The summed E-state index contributed by atoms with van der Waals surface area (Å²) in [7, 11) is 0. The molecule has 1 aromatic carbocycles. The van der Waals surface area contributed by atoms with Crippen LogP contribution in [0.4, 0.5) is 0 Å². The predicted octanol–water partition coefficient (Wildman–Crippen LogP) is 2.62. The van der Waals surface area contributed by atoms with E-state index in [1.54, 1.807) is 0 Å². The highest BCUT2D eigenvalue weighted by Gasteiger charge is 2.11. The molecule has 0 saturated carbocycles. The molecule has 0 aliphatic heterocycles. The minimum absolute atomic E-state index is 0.200. The summed E-state index contributed by atoms with van der Waals surface area (Å²) in [5.41, 5.74) is 0.640. The summed E-state index contributed by atoms with van der Waals surface area (Å²) >= 11 is 5.01. The number of rotatable bonds is 1. The maximum Gasteiger partial charge on any atom is 0.336 e. The quantitative estimate of drug-likeness (QED) is 0.791. The minimum Gasteiger partial charge on any atom is -0.478 e. The van der Waals surface area contributed by atoms with Crippen LogP contribution >= 0.6 is 38.5 Å². The Bertz CT molecular complexity index is 411. The number of nitrogens with zero attached hydrogens (tertiary/aromatic N) is 1. The van der Waals surface area contributed by atoms with Crippen LogP contribution in [-0.4, -0.2) is 11.1 Å². The molecule has 0 aliphatic rings. The minimum atomic E-state index is -0.991. The number of carboxylic acids is 1. The van der Waals surface area contributed by atoms with E-state index in [4.69, 9.17) is 10.4 Å². The molecule has 0 saturated heterocycles. The number of carbonyl (C=O) groups is 1. The lowest BCUT2D eigenvalue weighted by atomic mass is 10.1. The zero-order chi connectivity index (χ0) is 10.0. The Balaban J connectivity index is 3.39. The van der Waals surface area contributed by atoms with Gasteiger partial charge in [-0.3, -0.25) is 0 Å². The van der Waals surface area contributed by atoms with Gasteiger partial charge in [-0.15, -0.1) is 0 Å². The molecule has 0 atom stereocenters. The molecular weight excluding hydrogens is 349 g/mol. The maximum absolute atomic E-state index is 10.7. The zero-order valence-electron chi connectivity index (χ0n) is 6.21. The van der Waals surface area contributed by atoms with Crippen molar-refractivity contribution in [3.05, 3.63) is 31.3 Å². The van der Waals surface area contributed by atoms with E-state index in [9.17, 15) is 4.79 Å². The van der Waals surface area contributed by atoms with Gasteiger partial charge in [0.25, 0.3) is 0 Å². The topological polar surface area (TPSA) is 61.1 Å². The smallest absolute Gasteiger partial charge is 0.336 e. The molecular formula is C8H3BrINO2. The summed E-state index contributed by atoms with van der Waals surface area (Å²) in [5, 5.41) is 17.4. The van der Waals surface area contributed by atoms with Crippen LogP contribution in [0.25, 0.3) is 0 Å². The summed E-state index contributed by atoms with van der Waals surface area (Å²) in [6.45, 7) is 0. The number of hydrogen-bond acceptors (Lipinski definition) is 2. The predicted molar refractivity (Wildman–Crippen MR) is 58.5 cm³/mol. The number of halogens is 2. The third kappa shape index (κ3) is 2.19. The first-order chi connectivity index (χ1) is 6.06. The molecule has 1 rings (SSSR count). The van der Waals surface area contributed by atoms with Gasteiger partial charge in [0.2, 0.25) is 0 Å². The molecule has 1 aromatic rings. The van der Waals surface area contributed by atoms with Crippen molar-refractivity contribution in [3.63, 3.8) is 0 Å². The summed E-state index contributed by atoms with van der Waals surface area (Å²) in [6.07, 6.45) is 0. The van der Waals surface area contributed by atoms with Gasteiger partial charge in [0.05, 0.1) is 11.1 Å². The van der Waals surface area contributed by atoms with Crippen LogP contribution in [0.2, 0.25) is 0 Å². The molecule has 1 N–H and O–H groups in total. The molecule has 5 heteroatoms. The highest BCUT2D eigenvalue weighted by Crippen LogP contribution is 2.22. The van der Waals surface area contributed by atoms with Gasteiger partial charge in [-0.25, -0.2) is 4.79 Å². The number of carboxylic acid groups (broad SMARTS) is 1. The van der Waals surface area contributed by atoms with Gasteiger partial charge in [0.15, 0.2) is 0 Å². The van der Waals surface area contributed by atoms with Gasteiger partial charge >= 0.3 is 5.97 Å². The molecule has 0 spiro atoms. The average molecular weight is 352 g/mol. The molecule has 0 bridgehead atoms. The van der Waals surface area contributed by atoms with E-state index in [2.05, 4.69) is 15.9 Å². The lowest BCUT2D eigenvalue weighted by molar-refractivity contribution is 0.0695. The molecule has 0 unspecified atom stereocenters. The lowest BCUT2D eigenvalue weighted by Gasteiger charge is -2.01. The van der Waals surface area contributed by atoms with Gasteiger partial charge in [-0.1, -0.05) is 0 Å². The number of hydrogen-bond donors (Lipinski definition) is 1. The Morgan fingerprint density at radius 2 is 2.23 bits per heavy atom. The summed E-state index contributed by atoms with van der Waals surface area (Å²) in [6, 6.07) is 4.93. The second kappa shape index (κ2) is 4.07. The van der Waals surface area contributed by atoms with Crippen molar-refractivity contribution in [3.8, 4) is 6.07 Å². The number of nitriles is 1. The molecule has 13 heavy (non-hydrogen) atoms. The van der Waals surface area contributed by atoms with E-state index in [-0.39, 0.29) is 5.56 Å². The van der Waals surface area contributed by atoms with E-state index < -0.39 is 5.97 Å². The summed E-state index contributed by atoms with van der Waals surface area (Å²) in [5.74, 6) is -0.991. The Kier molecular flexibility index (Phi) is 3.27. The second-order valence-electron chi connectivity index (χ2n) is 2.23. The van der Waals surface area contributed by atoms with E-state index in [0.717, 1.165) is 0 Å². The van der Waals surface area contributed by atoms with Gasteiger partial charge < -0.3 is 5.11 Å². The Labute approximate surface area is 96.6 Å². The molecule has 0 fully saturated rings. The Morgan fingerprint density at radius 1 is 1.62 bits per heavy atom. The van der Waals surface area contributed by atoms with Crippen molar-refractivity contribution in [1.82, 2.24) is 0 Å². The fourth-order valence-electron chi connectivity index (χ4n) is 0.796. The van der Waals surface area contributed by atoms with Crippen LogP contribution in [0, 0.1) is 14.9 Å². The monoisotopic (exact) mass is 351 g/mol. The van der Waals surface area contributed by atoms with Crippen molar-refractivity contribution >= 4 is 44.5 Å². The van der Waals surface area contributed by atoms with Gasteiger partial charge in [0.1, 0.15) is 6.07 Å². The first-order valence-electron chi connectivity index (χ1n) is 3.18. The van der Waals surface area contributed by atoms with Crippen molar-refractivity contribution in [1.29, 1.82) is 5.26 Å². The third-order valence-corrected chi connectivity index (χ3v) is 2.96. The van der Waals surface area contributed by atoms with Crippen LogP contribution in [0.5, 0.6) is 0 Å². The molecule has 66 valence electrons. The normalized spacial score (nSPS) is 9.31. The van der Waals surface area contributed by atoms with E-state index >= 15 is 0 Å². The Hall–Kier alpha value is -0.610. The Morgan fingerprint density at radius 3 is 2.69 bits per heavy atom. The standard InChI is InChI=1S/C8H3BrINO2/c9-6-2-5(8(12)13)7(10)1-4(6)3-11/h1-2H,(H,12,13). The first kappa shape index (κ1) is 10.5. The molecule has 0 radical (unpaired) electrons. The van der Waals surface area contributed by atoms with E-state index in [1.807, 2.05) is 28.7 Å². The van der Waals surface area contributed by atoms with Gasteiger partial charge in [-0.2, -0.15) is 5.26 Å².